The molecule has 0 saturated carbocycles. The maximum absolute atomic E-state index is 6.83. The van der Waals surface area contributed by atoms with E-state index in [-0.39, 0.29) is 5.41 Å². The van der Waals surface area contributed by atoms with Crippen molar-refractivity contribution >= 4 is 32.3 Å². The highest BCUT2D eigenvalue weighted by Crippen LogP contribution is 2.51. The summed E-state index contributed by atoms with van der Waals surface area (Å²) in [6.07, 6.45) is 3.85. The van der Waals surface area contributed by atoms with E-state index in [2.05, 4.69) is 134 Å². The van der Waals surface area contributed by atoms with Gasteiger partial charge < -0.3 is 4.74 Å². The lowest BCUT2D eigenvalue weighted by atomic mass is 9.81. The Morgan fingerprint density at radius 2 is 1.27 bits per heavy atom. The normalized spacial score (nSPS) is 13.4. The van der Waals surface area contributed by atoms with Gasteiger partial charge in [0.1, 0.15) is 11.5 Å². The van der Waals surface area contributed by atoms with Gasteiger partial charge in [0, 0.05) is 39.4 Å². The van der Waals surface area contributed by atoms with Crippen LogP contribution in [0.1, 0.15) is 25.0 Å². The molecule has 0 radical (unpaired) electrons. The molecule has 2 heteroatoms. The van der Waals surface area contributed by atoms with E-state index < -0.39 is 0 Å². The lowest BCUT2D eigenvalue weighted by Crippen LogP contribution is -2.14. The topological polar surface area (TPSA) is 22.1 Å². The Hall–Kier alpha value is -4.95. The van der Waals surface area contributed by atoms with Crippen molar-refractivity contribution < 1.29 is 4.74 Å². The summed E-state index contributed by atoms with van der Waals surface area (Å²) in [7, 11) is 0. The second-order valence-corrected chi connectivity index (χ2v) is 11.2. The molecule has 40 heavy (non-hydrogen) atoms. The van der Waals surface area contributed by atoms with E-state index >= 15 is 0 Å². The predicted octanol–water partition coefficient (Wildman–Crippen LogP) is 10.3. The first-order chi connectivity index (χ1) is 19.6. The van der Waals surface area contributed by atoms with Crippen LogP contribution in [0.3, 0.4) is 0 Å². The van der Waals surface area contributed by atoms with Crippen LogP contribution in [-0.2, 0) is 5.41 Å². The van der Waals surface area contributed by atoms with Gasteiger partial charge in [-0.15, -0.1) is 0 Å². The van der Waals surface area contributed by atoms with Crippen LogP contribution >= 0.6 is 0 Å². The molecular formula is C38H27NO. The van der Waals surface area contributed by atoms with Crippen molar-refractivity contribution in [2.24, 2.45) is 0 Å². The van der Waals surface area contributed by atoms with E-state index in [9.17, 15) is 0 Å². The van der Waals surface area contributed by atoms with Gasteiger partial charge in [0.2, 0.25) is 0 Å². The summed E-state index contributed by atoms with van der Waals surface area (Å²) in [5.41, 5.74) is 7.74. The summed E-state index contributed by atoms with van der Waals surface area (Å²) in [6, 6.07) is 41.1. The van der Waals surface area contributed by atoms with Gasteiger partial charge in [-0.05, 0) is 62.4 Å². The minimum Gasteiger partial charge on any atom is -0.455 e. The van der Waals surface area contributed by atoms with Crippen molar-refractivity contribution in [3.63, 3.8) is 0 Å². The van der Waals surface area contributed by atoms with Gasteiger partial charge in [0.25, 0.3) is 0 Å². The largest absolute Gasteiger partial charge is 0.455 e. The van der Waals surface area contributed by atoms with Gasteiger partial charge in [-0.3, -0.25) is 4.98 Å². The van der Waals surface area contributed by atoms with Crippen LogP contribution in [0.4, 0.5) is 0 Å². The molecule has 1 aliphatic rings. The van der Waals surface area contributed by atoms with Crippen molar-refractivity contribution in [1.29, 1.82) is 0 Å². The summed E-state index contributed by atoms with van der Waals surface area (Å²) in [4.78, 5) is 4.58. The predicted molar refractivity (Wildman–Crippen MR) is 166 cm³/mol. The van der Waals surface area contributed by atoms with Crippen LogP contribution < -0.4 is 4.74 Å². The molecule has 0 amide bonds. The summed E-state index contributed by atoms with van der Waals surface area (Å²) in [6.45, 7) is 4.67. The molecule has 0 N–H and O–H groups in total. The Kier molecular flexibility index (Phi) is 4.90. The number of nitrogens with zero attached hydrogens (tertiary/aromatic N) is 1. The zero-order chi connectivity index (χ0) is 26.8. The van der Waals surface area contributed by atoms with E-state index in [0.717, 1.165) is 43.8 Å². The number of benzene rings is 6. The second kappa shape index (κ2) is 8.53. The molecule has 0 atom stereocenters. The van der Waals surface area contributed by atoms with Gasteiger partial charge in [-0.1, -0.05) is 111 Å². The van der Waals surface area contributed by atoms with Gasteiger partial charge >= 0.3 is 0 Å². The van der Waals surface area contributed by atoms with Crippen molar-refractivity contribution in [3.05, 3.63) is 139 Å². The highest BCUT2D eigenvalue weighted by Gasteiger charge is 2.35. The third-order valence-electron chi connectivity index (χ3n) is 8.61. The zero-order valence-electron chi connectivity index (χ0n) is 22.5. The van der Waals surface area contributed by atoms with Gasteiger partial charge in [-0.25, -0.2) is 0 Å². The number of fused-ring (bicyclic) bond motifs is 6. The second-order valence-electron chi connectivity index (χ2n) is 11.2. The minimum atomic E-state index is -0.0663. The number of pyridine rings is 1. The lowest BCUT2D eigenvalue weighted by molar-refractivity contribution is 0.499. The van der Waals surface area contributed by atoms with Crippen LogP contribution in [-0.4, -0.2) is 4.98 Å². The van der Waals surface area contributed by atoms with E-state index in [4.69, 9.17) is 4.74 Å². The van der Waals surface area contributed by atoms with Crippen molar-refractivity contribution in [3.8, 4) is 33.8 Å². The van der Waals surface area contributed by atoms with E-state index in [1.54, 1.807) is 0 Å². The van der Waals surface area contributed by atoms with E-state index in [0.29, 0.717) is 0 Å². The minimum absolute atomic E-state index is 0.0663. The summed E-state index contributed by atoms with van der Waals surface area (Å²) in [5, 5.41) is 6.65. The first-order valence-electron chi connectivity index (χ1n) is 13.8. The molecule has 0 bridgehead atoms. The van der Waals surface area contributed by atoms with Gasteiger partial charge in [0.05, 0.1) is 0 Å². The molecule has 190 valence electrons. The molecule has 0 saturated heterocycles. The molecular weight excluding hydrogens is 486 g/mol. The Bertz CT molecular complexity index is 2060. The quantitative estimate of drug-likeness (QED) is 0.219. The van der Waals surface area contributed by atoms with Gasteiger partial charge in [-0.2, -0.15) is 0 Å². The zero-order valence-corrected chi connectivity index (χ0v) is 22.5. The maximum atomic E-state index is 6.83. The van der Waals surface area contributed by atoms with E-state index in [1.807, 2.05) is 12.4 Å². The first-order valence-corrected chi connectivity index (χ1v) is 13.8. The van der Waals surface area contributed by atoms with Crippen LogP contribution in [0.15, 0.2) is 128 Å². The highest BCUT2D eigenvalue weighted by atomic mass is 16.5. The number of ether oxygens (including phenoxy) is 1. The molecule has 0 spiro atoms. The fourth-order valence-corrected chi connectivity index (χ4v) is 6.66. The number of aromatic nitrogens is 1. The van der Waals surface area contributed by atoms with Crippen LogP contribution in [0.2, 0.25) is 0 Å². The maximum Gasteiger partial charge on any atom is 0.143 e. The molecule has 0 fully saturated rings. The van der Waals surface area contributed by atoms with Crippen molar-refractivity contribution in [2.45, 2.75) is 19.3 Å². The highest BCUT2D eigenvalue weighted by molar-refractivity contribution is 6.17. The van der Waals surface area contributed by atoms with Crippen LogP contribution in [0, 0.1) is 0 Å². The molecule has 6 aromatic carbocycles. The Balaban J connectivity index is 1.39. The van der Waals surface area contributed by atoms with Crippen LogP contribution in [0.25, 0.3) is 54.6 Å². The molecule has 1 aliphatic carbocycles. The van der Waals surface area contributed by atoms with E-state index in [1.165, 1.54) is 33.4 Å². The standard InChI is InChI=1S/C38H27NO/c1-38(2)33-16-8-7-13-27(33)28-19-18-25(22-34(28)38)36-29-14-5-6-15-30(29)37(31-20-21-39-23-32(31)36)40-35-17-9-11-24-10-3-4-12-26(24)35/h3-23H,1-2H3. The molecule has 1 aromatic heterocycles. The third-order valence-corrected chi connectivity index (χ3v) is 8.61. The first kappa shape index (κ1) is 23.0. The molecule has 7 aromatic rings. The number of hydrogen-bond donors (Lipinski definition) is 0. The lowest BCUT2D eigenvalue weighted by Gasteiger charge is -2.23. The van der Waals surface area contributed by atoms with Crippen molar-refractivity contribution in [1.82, 2.24) is 4.98 Å². The summed E-state index contributed by atoms with van der Waals surface area (Å²) < 4.78 is 6.83. The smallest absolute Gasteiger partial charge is 0.143 e. The molecule has 8 rings (SSSR count). The molecule has 0 unspecified atom stereocenters. The summed E-state index contributed by atoms with van der Waals surface area (Å²) in [5.74, 6) is 1.72. The molecule has 2 nitrogen and oxygen atoms in total. The van der Waals surface area contributed by atoms with Gasteiger partial charge in [0.15, 0.2) is 0 Å². The van der Waals surface area contributed by atoms with Crippen molar-refractivity contribution in [2.75, 3.05) is 0 Å². The molecule has 0 aliphatic heterocycles. The third kappa shape index (κ3) is 3.26. The SMILES string of the molecule is CC1(C)c2ccccc2-c2ccc(-c3c4ccccc4c(Oc4cccc5ccccc45)c4ccncc34)cc21. The Morgan fingerprint density at radius 3 is 2.17 bits per heavy atom. The fourth-order valence-electron chi connectivity index (χ4n) is 6.66. The average Bonchev–Trinajstić information content (AvgIpc) is 3.23. The average molecular weight is 514 g/mol. The van der Waals surface area contributed by atoms with Crippen LogP contribution in [0.5, 0.6) is 11.5 Å². The monoisotopic (exact) mass is 513 g/mol. The molecule has 1 heterocycles. The number of rotatable bonds is 3. The fraction of sp³-hybridized carbons (Fsp3) is 0.0789. The number of hydrogen-bond acceptors (Lipinski definition) is 2. The Labute approximate surface area is 233 Å². The Morgan fingerprint density at radius 1 is 0.575 bits per heavy atom. The summed E-state index contributed by atoms with van der Waals surface area (Å²) >= 11 is 0.